The molecule has 4 nitrogen and oxygen atoms in total. The zero-order chi connectivity index (χ0) is 11.3. The first kappa shape index (κ1) is 12.5. The number of hydrogen-bond acceptors (Lipinski definition) is 6. The molecule has 0 aliphatic heterocycles. The van der Waals surface area contributed by atoms with Gasteiger partial charge in [-0.2, -0.15) is 0 Å². The van der Waals surface area contributed by atoms with Gasteiger partial charge in [0, 0.05) is 26.4 Å². The van der Waals surface area contributed by atoms with Gasteiger partial charge in [0.2, 0.25) is 5.13 Å². The normalized spacial score (nSPS) is 10.3. The summed E-state index contributed by atoms with van der Waals surface area (Å²) < 4.78 is 0.996. The van der Waals surface area contributed by atoms with E-state index >= 15 is 0 Å². The summed E-state index contributed by atoms with van der Waals surface area (Å²) in [5.41, 5.74) is 1.17. The fourth-order valence-electron chi connectivity index (χ4n) is 0.906. The Labute approximate surface area is 98.8 Å². The van der Waals surface area contributed by atoms with Gasteiger partial charge in [0.15, 0.2) is 4.34 Å². The lowest BCUT2D eigenvalue weighted by molar-refractivity contribution is 0.885. The van der Waals surface area contributed by atoms with Crippen LogP contribution in [-0.2, 0) is 0 Å². The van der Waals surface area contributed by atoms with Gasteiger partial charge in [-0.15, -0.1) is 10.2 Å². The molecule has 1 heterocycles. The number of likely N-dealkylation sites (N-methyl/N-ethyl adjacent to an activating group) is 1. The van der Waals surface area contributed by atoms with Gasteiger partial charge >= 0.3 is 0 Å². The number of aromatic nitrogens is 2. The molecule has 1 rings (SSSR count). The monoisotopic (exact) mass is 244 g/mol. The summed E-state index contributed by atoms with van der Waals surface area (Å²) in [5.74, 6) is 0.892. The van der Waals surface area contributed by atoms with E-state index < -0.39 is 0 Å². The summed E-state index contributed by atoms with van der Waals surface area (Å²) in [6.45, 7) is 4.82. The summed E-state index contributed by atoms with van der Waals surface area (Å²) in [6, 6.07) is 0. The number of hydrogen-bond donors (Lipinski definition) is 1. The van der Waals surface area contributed by atoms with Gasteiger partial charge in [0.25, 0.3) is 0 Å². The number of nitrogens with zero attached hydrogens (tertiary/aromatic N) is 3. The third-order valence-corrected chi connectivity index (χ3v) is 3.98. The highest BCUT2D eigenvalue weighted by molar-refractivity contribution is 8.01. The first-order valence-electron chi connectivity index (χ1n) is 4.58. The second-order valence-corrected chi connectivity index (χ2v) is 5.49. The van der Waals surface area contributed by atoms with Crippen LogP contribution >= 0.6 is 23.1 Å². The molecule has 0 aliphatic carbocycles. The molecule has 0 atom stereocenters. The van der Waals surface area contributed by atoms with Crippen molar-refractivity contribution in [1.82, 2.24) is 15.5 Å². The van der Waals surface area contributed by atoms with Crippen molar-refractivity contribution in [1.29, 1.82) is 0 Å². The van der Waals surface area contributed by atoms with Crippen molar-refractivity contribution in [2.45, 2.75) is 4.34 Å². The zero-order valence-electron chi connectivity index (χ0n) is 9.28. The van der Waals surface area contributed by atoms with Gasteiger partial charge in [0.05, 0.1) is 0 Å². The lowest BCUT2D eigenvalue weighted by Crippen LogP contribution is -2.10. The molecule has 0 saturated carbocycles. The molecule has 6 heteroatoms. The molecule has 0 spiro atoms. The van der Waals surface area contributed by atoms with E-state index in [1.807, 2.05) is 26.0 Å². The number of nitrogens with one attached hydrogen (secondary N) is 1. The average Bonchev–Trinajstić information content (AvgIpc) is 2.63. The van der Waals surface area contributed by atoms with Crippen molar-refractivity contribution < 1.29 is 0 Å². The second-order valence-electron chi connectivity index (χ2n) is 3.31. The van der Waals surface area contributed by atoms with E-state index in [1.54, 1.807) is 23.1 Å². The van der Waals surface area contributed by atoms with Gasteiger partial charge < -0.3 is 10.2 Å². The van der Waals surface area contributed by atoms with E-state index in [9.17, 15) is 0 Å². The topological polar surface area (TPSA) is 41.1 Å². The summed E-state index contributed by atoms with van der Waals surface area (Å²) in [7, 11) is 5.86. The second kappa shape index (κ2) is 6.09. The van der Waals surface area contributed by atoms with Crippen molar-refractivity contribution in [2.75, 3.05) is 38.3 Å². The van der Waals surface area contributed by atoms with Crippen LogP contribution in [0.2, 0.25) is 0 Å². The van der Waals surface area contributed by atoms with E-state index in [0.717, 1.165) is 21.8 Å². The van der Waals surface area contributed by atoms with Crippen LogP contribution in [0.25, 0.3) is 0 Å². The van der Waals surface area contributed by atoms with E-state index in [4.69, 9.17) is 0 Å². The van der Waals surface area contributed by atoms with Crippen LogP contribution in [0.1, 0.15) is 0 Å². The quantitative estimate of drug-likeness (QED) is 0.606. The fourth-order valence-corrected chi connectivity index (χ4v) is 2.57. The van der Waals surface area contributed by atoms with Crippen LogP contribution in [0.4, 0.5) is 5.13 Å². The Morgan fingerprint density at radius 1 is 1.53 bits per heavy atom. The molecule has 0 unspecified atom stereocenters. The fraction of sp³-hybridized carbons (Fsp3) is 0.556. The molecule has 0 saturated heterocycles. The zero-order valence-corrected chi connectivity index (χ0v) is 10.9. The molecule has 0 fully saturated rings. The Hall–Kier alpha value is -0.590. The SMILES string of the molecule is C=C(CNC)CSc1nnc(N(C)C)s1. The molecule has 0 radical (unpaired) electrons. The first-order valence-corrected chi connectivity index (χ1v) is 6.38. The lowest BCUT2D eigenvalue weighted by Gasteiger charge is -2.04. The molecule has 0 aromatic carbocycles. The highest BCUT2D eigenvalue weighted by Gasteiger charge is 2.06. The van der Waals surface area contributed by atoms with Crippen molar-refractivity contribution in [2.24, 2.45) is 0 Å². The molecular formula is C9H16N4S2. The third-order valence-electron chi connectivity index (χ3n) is 1.60. The highest BCUT2D eigenvalue weighted by Crippen LogP contribution is 2.27. The molecule has 1 N–H and O–H groups in total. The minimum absolute atomic E-state index is 0.854. The van der Waals surface area contributed by atoms with Crippen LogP contribution in [0.5, 0.6) is 0 Å². The van der Waals surface area contributed by atoms with Gasteiger partial charge in [-0.1, -0.05) is 35.3 Å². The standard InChI is InChI=1S/C9H16N4S2/c1-7(5-10-2)6-14-9-12-11-8(15-9)13(3)4/h10H,1,5-6H2,2-4H3. The molecule has 1 aromatic rings. The average molecular weight is 244 g/mol. The van der Waals surface area contributed by atoms with Gasteiger partial charge in [0.1, 0.15) is 0 Å². The predicted octanol–water partition coefficient (Wildman–Crippen LogP) is 1.47. The first-order chi connectivity index (χ1) is 7.13. The van der Waals surface area contributed by atoms with Crippen molar-refractivity contribution in [3.8, 4) is 0 Å². The maximum atomic E-state index is 4.10. The van der Waals surface area contributed by atoms with Crippen molar-refractivity contribution in [3.63, 3.8) is 0 Å². The largest absolute Gasteiger partial charge is 0.353 e. The summed E-state index contributed by atoms with van der Waals surface area (Å²) in [6.07, 6.45) is 0. The summed E-state index contributed by atoms with van der Waals surface area (Å²) >= 11 is 3.29. The molecule has 0 bridgehead atoms. The van der Waals surface area contributed by atoms with Crippen LogP contribution in [-0.4, -0.2) is 43.6 Å². The van der Waals surface area contributed by atoms with E-state index in [0.29, 0.717) is 0 Å². The maximum absolute atomic E-state index is 4.10. The van der Waals surface area contributed by atoms with Crippen LogP contribution in [0.3, 0.4) is 0 Å². The van der Waals surface area contributed by atoms with Crippen molar-refractivity contribution >= 4 is 28.2 Å². The van der Waals surface area contributed by atoms with Gasteiger partial charge in [-0.3, -0.25) is 0 Å². The van der Waals surface area contributed by atoms with E-state index in [-0.39, 0.29) is 0 Å². The van der Waals surface area contributed by atoms with Crippen LogP contribution < -0.4 is 10.2 Å². The highest BCUT2D eigenvalue weighted by atomic mass is 32.2. The Bertz CT molecular complexity index is 322. The predicted molar refractivity (Wildman–Crippen MR) is 68.0 cm³/mol. The lowest BCUT2D eigenvalue weighted by atomic mass is 10.3. The number of anilines is 1. The molecule has 0 aliphatic rings. The Morgan fingerprint density at radius 3 is 2.80 bits per heavy atom. The maximum Gasteiger partial charge on any atom is 0.208 e. The molecule has 1 aromatic heterocycles. The van der Waals surface area contributed by atoms with E-state index in [2.05, 4.69) is 22.1 Å². The Morgan fingerprint density at radius 2 is 2.27 bits per heavy atom. The molecule has 0 amide bonds. The van der Waals surface area contributed by atoms with Crippen molar-refractivity contribution in [3.05, 3.63) is 12.2 Å². The Kier molecular flexibility index (Phi) is 5.07. The number of rotatable bonds is 6. The molecular weight excluding hydrogens is 228 g/mol. The smallest absolute Gasteiger partial charge is 0.208 e. The Balaban J connectivity index is 2.41. The third kappa shape index (κ3) is 4.19. The van der Waals surface area contributed by atoms with Crippen LogP contribution in [0.15, 0.2) is 16.5 Å². The van der Waals surface area contributed by atoms with Gasteiger partial charge in [-0.25, -0.2) is 0 Å². The van der Waals surface area contributed by atoms with Crippen LogP contribution in [0, 0.1) is 0 Å². The minimum atomic E-state index is 0.854. The number of thioether (sulfide) groups is 1. The van der Waals surface area contributed by atoms with Gasteiger partial charge in [-0.05, 0) is 7.05 Å². The summed E-state index contributed by atoms with van der Waals surface area (Å²) in [5, 5.41) is 12.2. The minimum Gasteiger partial charge on any atom is -0.353 e. The van der Waals surface area contributed by atoms with E-state index in [1.165, 1.54) is 5.57 Å². The summed E-state index contributed by atoms with van der Waals surface area (Å²) in [4.78, 5) is 1.96. The molecule has 84 valence electrons. The molecule has 15 heavy (non-hydrogen) atoms.